The summed E-state index contributed by atoms with van der Waals surface area (Å²) >= 11 is 0. The molecule has 0 saturated heterocycles. The topological polar surface area (TPSA) is 12.5 Å². The standard InChI is InChI=1S/C47H31NO/c1-3-15-36(16-4-1)48(37-17-5-2-6-18-37)38-26-23-32(24-27-38)35-25-28-40-39-19-9-10-20-41(39)47(43(40)29-35)42-21-11-12-22-45(42)49-46-31-34-14-8-7-13-33(34)30-44(46)47/h1-31H. The van der Waals surface area contributed by atoms with Gasteiger partial charge in [0, 0.05) is 28.2 Å². The van der Waals surface area contributed by atoms with Crippen LogP contribution in [0.1, 0.15) is 22.3 Å². The molecule has 2 nitrogen and oxygen atoms in total. The monoisotopic (exact) mass is 625 g/mol. The Kier molecular flexibility index (Phi) is 6.13. The van der Waals surface area contributed by atoms with E-state index in [0.29, 0.717) is 0 Å². The zero-order valence-corrected chi connectivity index (χ0v) is 26.8. The number of para-hydroxylation sites is 3. The van der Waals surface area contributed by atoms with Crippen molar-refractivity contribution in [2.45, 2.75) is 5.41 Å². The van der Waals surface area contributed by atoms with Crippen LogP contribution in [0.15, 0.2) is 188 Å². The third-order valence-electron chi connectivity index (χ3n) is 10.3. The van der Waals surface area contributed by atoms with Gasteiger partial charge < -0.3 is 9.64 Å². The predicted octanol–water partition coefficient (Wildman–Crippen LogP) is 12.4. The molecule has 2 aliphatic rings. The normalized spacial score (nSPS) is 15.2. The highest BCUT2D eigenvalue weighted by Crippen LogP contribution is 2.62. The molecule has 1 spiro atoms. The lowest BCUT2D eigenvalue weighted by Gasteiger charge is -2.39. The van der Waals surface area contributed by atoms with Crippen LogP contribution in [0, 0.1) is 0 Å². The molecule has 0 fully saturated rings. The molecule has 0 aromatic heterocycles. The maximum atomic E-state index is 6.72. The first-order chi connectivity index (χ1) is 24.3. The van der Waals surface area contributed by atoms with Crippen molar-refractivity contribution < 1.29 is 4.74 Å². The van der Waals surface area contributed by atoms with Gasteiger partial charge in [0.15, 0.2) is 0 Å². The van der Waals surface area contributed by atoms with E-state index in [9.17, 15) is 0 Å². The molecule has 230 valence electrons. The quantitative estimate of drug-likeness (QED) is 0.193. The van der Waals surface area contributed by atoms with Gasteiger partial charge in [0.05, 0.1) is 5.41 Å². The number of nitrogens with zero attached hydrogens (tertiary/aromatic N) is 1. The Labute approximate surface area is 286 Å². The molecule has 8 aromatic rings. The molecule has 0 bridgehead atoms. The first kappa shape index (κ1) is 27.7. The minimum absolute atomic E-state index is 0.520. The Hall–Kier alpha value is -6.38. The van der Waals surface area contributed by atoms with E-state index in [-0.39, 0.29) is 0 Å². The van der Waals surface area contributed by atoms with Crippen molar-refractivity contribution >= 4 is 27.8 Å². The van der Waals surface area contributed by atoms with E-state index < -0.39 is 5.41 Å². The largest absolute Gasteiger partial charge is 0.457 e. The maximum Gasteiger partial charge on any atom is 0.132 e. The first-order valence-corrected chi connectivity index (χ1v) is 16.8. The van der Waals surface area contributed by atoms with Crippen LogP contribution < -0.4 is 9.64 Å². The molecular formula is C47H31NO. The summed E-state index contributed by atoms with van der Waals surface area (Å²) in [6.45, 7) is 0. The van der Waals surface area contributed by atoms with Gasteiger partial charge in [-0.05, 0) is 105 Å². The van der Waals surface area contributed by atoms with Crippen LogP contribution in [-0.2, 0) is 5.41 Å². The predicted molar refractivity (Wildman–Crippen MR) is 201 cm³/mol. The molecule has 1 atom stereocenters. The van der Waals surface area contributed by atoms with Crippen LogP contribution in [0.2, 0.25) is 0 Å². The van der Waals surface area contributed by atoms with E-state index in [1.165, 1.54) is 55.3 Å². The van der Waals surface area contributed by atoms with Gasteiger partial charge in [-0.15, -0.1) is 0 Å². The van der Waals surface area contributed by atoms with Gasteiger partial charge in [0.1, 0.15) is 11.5 Å². The molecule has 49 heavy (non-hydrogen) atoms. The van der Waals surface area contributed by atoms with E-state index in [1.54, 1.807) is 0 Å². The lowest BCUT2D eigenvalue weighted by Crippen LogP contribution is -2.32. The number of ether oxygens (including phenoxy) is 1. The molecule has 1 unspecified atom stereocenters. The van der Waals surface area contributed by atoms with Gasteiger partial charge >= 0.3 is 0 Å². The number of rotatable bonds is 4. The second-order valence-corrected chi connectivity index (χ2v) is 12.9. The average Bonchev–Trinajstić information content (AvgIpc) is 3.45. The minimum atomic E-state index is -0.520. The summed E-state index contributed by atoms with van der Waals surface area (Å²) in [6.07, 6.45) is 0. The highest BCUT2D eigenvalue weighted by atomic mass is 16.5. The van der Waals surface area contributed by atoms with Gasteiger partial charge in [0.2, 0.25) is 0 Å². The molecular weight excluding hydrogens is 595 g/mol. The van der Waals surface area contributed by atoms with Crippen LogP contribution in [0.3, 0.4) is 0 Å². The van der Waals surface area contributed by atoms with E-state index in [4.69, 9.17) is 4.74 Å². The smallest absolute Gasteiger partial charge is 0.132 e. The summed E-state index contributed by atoms with van der Waals surface area (Å²) in [7, 11) is 0. The lowest BCUT2D eigenvalue weighted by atomic mass is 9.65. The Bertz CT molecular complexity index is 2480. The van der Waals surface area contributed by atoms with Crippen molar-refractivity contribution in [1.82, 2.24) is 0 Å². The van der Waals surface area contributed by atoms with Gasteiger partial charge in [0.25, 0.3) is 0 Å². The fourth-order valence-corrected chi connectivity index (χ4v) is 8.17. The second kappa shape index (κ2) is 10.8. The Morgan fingerprint density at radius 2 is 0.898 bits per heavy atom. The molecule has 0 radical (unpaired) electrons. The average molecular weight is 626 g/mol. The van der Waals surface area contributed by atoms with E-state index in [0.717, 1.165) is 28.6 Å². The number of benzene rings is 8. The van der Waals surface area contributed by atoms with Crippen LogP contribution in [0.25, 0.3) is 33.0 Å². The number of fused-ring (bicyclic) bond motifs is 10. The van der Waals surface area contributed by atoms with Crippen molar-refractivity contribution in [3.05, 3.63) is 210 Å². The van der Waals surface area contributed by atoms with Crippen molar-refractivity contribution in [2.75, 3.05) is 4.90 Å². The summed E-state index contributed by atoms with van der Waals surface area (Å²) in [4.78, 5) is 2.30. The fraction of sp³-hybridized carbons (Fsp3) is 0.0213. The van der Waals surface area contributed by atoms with E-state index in [1.807, 2.05) is 0 Å². The molecule has 1 heterocycles. The van der Waals surface area contributed by atoms with Crippen LogP contribution in [0.5, 0.6) is 11.5 Å². The third-order valence-corrected chi connectivity index (χ3v) is 10.3. The van der Waals surface area contributed by atoms with E-state index >= 15 is 0 Å². The van der Waals surface area contributed by atoms with Crippen LogP contribution >= 0.6 is 0 Å². The Balaban J connectivity index is 1.17. The fourth-order valence-electron chi connectivity index (χ4n) is 8.17. The Morgan fingerprint density at radius 1 is 0.347 bits per heavy atom. The molecule has 1 aliphatic carbocycles. The highest BCUT2D eigenvalue weighted by Gasteiger charge is 2.51. The van der Waals surface area contributed by atoms with Crippen LogP contribution in [-0.4, -0.2) is 0 Å². The minimum Gasteiger partial charge on any atom is -0.457 e. The molecule has 10 rings (SSSR count). The molecule has 0 saturated carbocycles. The lowest BCUT2D eigenvalue weighted by molar-refractivity contribution is 0.437. The van der Waals surface area contributed by atoms with Gasteiger partial charge in [-0.3, -0.25) is 0 Å². The summed E-state index contributed by atoms with van der Waals surface area (Å²) in [5, 5.41) is 2.39. The maximum absolute atomic E-state index is 6.72. The molecule has 2 heteroatoms. The zero-order chi connectivity index (χ0) is 32.4. The zero-order valence-electron chi connectivity index (χ0n) is 26.8. The second-order valence-electron chi connectivity index (χ2n) is 12.9. The molecule has 0 N–H and O–H groups in total. The van der Waals surface area contributed by atoms with Gasteiger partial charge in [-0.25, -0.2) is 0 Å². The van der Waals surface area contributed by atoms with Crippen molar-refractivity contribution in [2.24, 2.45) is 0 Å². The third kappa shape index (κ3) is 4.14. The summed E-state index contributed by atoms with van der Waals surface area (Å²) in [5.74, 6) is 1.82. The van der Waals surface area contributed by atoms with E-state index in [2.05, 4.69) is 193 Å². The first-order valence-electron chi connectivity index (χ1n) is 16.8. The summed E-state index contributed by atoms with van der Waals surface area (Å²) < 4.78 is 6.72. The number of anilines is 3. The molecule has 8 aromatic carbocycles. The SMILES string of the molecule is c1ccc(N(c2ccccc2)c2ccc(-c3ccc4c(c3)C3(c5ccccc5Oc5cc6ccccc6cc53)c3ccccc3-4)cc2)cc1. The molecule has 1 aliphatic heterocycles. The van der Waals surface area contributed by atoms with Crippen molar-refractivity contribution in [3.8, 4) is 33.8 Å². The number of hydrogen-bond donors (Lipinski definition) is 0. The van der Waals surface area contributed by atoms with Crippen LogP contribution in [0.4, 0.5) is 17.1 Å². The van der Waals surface area contributed by atoms with Gasteiger partial charge in [-0.2, -0.15) is 0 Å². The Morgan fingerprint density at radius 3 is 1.63 bits per heavy atom. The summed E-state index contributed by atoms with van der Waals surface area (Å²) in [6, 6.07) is 67.8. The number of hydrogen-bond acceptors (Lipinski definition) is 2. The highest BCUT2D eigenvalue weighted by molar-refractivity contribution is 5.94. The van der Waals surface area contributed by atoms with Gasteiger partial charge in [-0.1, -0.05) is 127 Å². The van der Waals surface area contributed by atoms with Crippen molar-refractivity contribution in [1.29, 1.82) is 0 Å². The molecule has 0 amide bonds. The summed E-state index contributed by atoms with van der Waals surface area (Å²) in [5.41, 5.74) is 12.7. The van der Waals surface area contributed by atoms with Crippen molar-refractivity contribution in [3.63, 3.8) is 0 Å².